The number of rotatable bonds is 4. The molecule has 10 heteroatoms. The number of thioether (sulfide) groups is 2. The molecule has 3 aromatic rings. The Hall–Kier alpha value is -1.94. The van der Waals surface area contributed by atoms with Crippen molar-refractivity contribution in [3.05, 3.63) is 35.8 Å². The summed E-state index contributed by atoms with van der Waals surface area (Å²) in [7, 11) is 0. The van der Waals surface area contributed by atoms with Crippen LogP contribution in [0.3, 0.4) is 0 Å². The minimum Gasteiger partial charge on any atom is -0.384 e. The van der Waals surface area contributed by atoms with Crippen LogP contribution in [0.4, 0.5) is 19.0 Å². The summed E-state index contributed by atoms with van der Waals surface area (Å²) in [6, 6.07) is 3.12. The average molecular weight is 385 g/mol. The number of nitrogen functional groups attached to an aromatic ring is 1. The summed E-state index contributed by atoms with van der Waals surface area (Å²) in [4.78, 5) is 15.4. The fraction of sp³-hybridized carbons (Fsp3) is 0.267. The molecule has 5 nitrogen and oxygen atoms in total. The van der Waals surface area contributed by atoms with Crippen LogP contribution in [-0.4, -0.2) is 26.2 Å². The van der Waals surface area contributed by atoms with Crippen LogP contribution in [0.2, 0.25) is 0 Å². The maximum atomic E-state index is 13.1. The second kappa shape index (κ2) is 6.75. The zero-order valence-corrected chi connectivity index (χ0v) is 14.9. The van der Waals surface area contributed by atoms with Crippen molar-refractivity contribution in [2.75, 3.05) is 12.0 Å². The van der Waals surface area contributed by atoms with E-state index in [2.05, 4.69) is 19.9 Å². The third-order valence-electron chi connectivity index (χ3n) is 3.50. The largest absolute Gasteiger partial charge is 0.418 e. The number of nitrogens with zero attached hydrogens (tertiary/aromatic N) is 3. The molecule has 132 valence electrons. The van der Waals surface area contributed by atoms with Gasteiger partial charge < -0.3 is 10.7 Å². The summed E-state index contributed by atoms with van der Waals surface area (Å²) in [5.41, 5.74) is 5.91. The Morgan fingerprint density at radius 3 is 2.68 bits per heavy atom. The van der Waals surface area contributed by atoms with Gasteiger partial charge in [-0.2, -0.15) is 13.2 Å². The molecule has 0 aliphatic rings. The molecule has 1 unspecified atom stereocenters. The number of H-pyrrole nitrogens is 1. The Morgan fingerprint density at radius 2 is 2.00 bits per heavy atom. The van der Waals surface area contributed by atoms with Crippen LogP contribution in [0.25, 0.3) is 10.9 Å². The summed E-state index contributed by atoms with van der Waals surface area (Å²) in [6.07, 6.45) is -0.179. The number of hydrogen-bond donors (Lipinski definition) is 2. The summed E-state index contributed by atoms with van der Waals surface area (Å²) in [6.45, 7) is 1.84. The van der Waals surface area contributed by atoms with Gasteiger partial charge in [-0.25, -0.2) is 9.97 Å². The zero-order chi connectivity index (χ0) is 18.2. The maximum absolute atomic E-state index is 13.1. The van der Waals surface area contributed by atoms with E-state index in [1.165, 1.54) is 35.8 Å². The Bertz CT molecular complexity index is 910. The number of nitrogens with two attached hydrogens (primary N) is 1. The van der Waals surface area contributed by atoms with Gasteiger partial charge in [-0.05, 0) is 19.2 Å². The quantitative estimate of drug-likeness (QED) is 0.390. The lowest BCUT2D eigenvalue weighted by Gasteiger charge is -2.11. The highest BCUT2D eigenvalue weighted by atomic mass is 32.2. The lowest BCUT2D eigenvalue weighted by molar-refractivity contribution is -0.136. The average Bonchev–Trinajstić information content (AvgIpc) is 2.97. The standard InChI is InChI=1S/C15H14F3N5S2/c1-7(25-14-22-12(19)4-13(23-14)24-2)10-3-8-9(15(16,17)18)5-20-11(8)6-21-10/h3-7,20H,1-2H3,(H2,19,22,23). The first kappa shape index (κ1) is 17.9. The monoisotopic (exact) mass is 385 g/mol. The van der Waals surface area contributed by atoms with Crippen molar-refractivity contribution in [2.24, 2.45) is 0 Å². The number of halogens is 3. The SMILES string of the molecule is CSc1cc(N)nc(SC(C)c2cc3c(C(F)(F)F)c[nH]c3cn2)n1. The highest BCUT2D eigenvalue weighted by Crippen LogP contribution is 2.38. The second-order valence-electron chi connectivity index (χ2n) is 5.23. The molecule has 0 bridgehead atoms. The minimum absolute atomic E-state index is 0.100. The van der Waals surface area contributed by atoms with Crippen molar-refractivity contribution in [2.45, 2.75) is 28.5 Å². The molecule has 0 radical (unpaired) electrons. The van der Waals surface area contributed by atoms with Gasteiger partial charge in [0, 0.05) is 17.6 Å². The molecule has 0 saturated carbocycles. The number of aromatic nitrogens is 4. The molecule has 0 aromatic carbocycles. The lowest BCUT2D eigenvalue weighted by Crippen LogP contribution is -2.04. The smallest absolute Gasteiger partial charge is 0.384 e. The van der Waals surface area contributed by atoms with Crippen molar-refractivity contribution in [1.82, 2.24) is 19.9 Å². The van der Waals surface area contributed by atoms with Crippen LogP contribution >= 0.6 is 23.5 Å². The van der Waals surface area contributed by atoms with E-state index in [-0.39, 0.29) is 10.6 Å². The number of anilines is 1. The molecule has 0 aliphatic carbocycles. The molecule has 0 aliphatic heterocycles. The van der Waals surface area contributed by atoms with Gasteiger partial charge in [0.1, 0.15) is 10.8 Å². The number of alkyl halides is 3. The van der Waals surface area contributed by atoms with E-state index < -0.39 is 11.7 Å². The minimum atomic E-state index is -4.42. The molecule has 3 aromatic heterocycles. The number of aromatic amines is 1. The van der Waals surface area contributed by atoms with Gasteiger partial charge in [-0.3, -0.25) is 4.98 Å². The highest BCUT2D eigenvalue weighted by Gasteiger charge is 2.33. The third-order valence-corrected chi connectivity index (χ3v) is 5.12. The first-order valence-electron chi connectivity index (χ1n) is 7.17. The number of fused-ring (bicyclic) bond motifs is 1. The molecular formula is C15H14F3N5S2. The van der Waals surface area contributed by atoms with Crippen LogP contribution in [0.15, 0.2) is 34.7 Å². The van der Waals surface area contributed by atoms with E-state index in [0.29, 0.717) is 22.2 Å². The molecule has 1 atom stereocenters. The van der Waals surface area contributed by atoms with Crippen LogP contribution in [0, 0.1) is 0 Å². The fourth-order valence-corrected chi connectivity index (χ4v) is 3.64. The van der Waals surface area contributed by atoms with E-state index in [1.54, 1.807) is 6.07 Å². The predicted octanol–water partition coefficient (Wildman–Crippen LogP) is 4.53. The van der Waals surface area contributed by atoms with Gasteiger partial charge in [0.15, 0.2) is 5.16 Å². The van der Waals surface area contributed by atoms with Crippen LogP contribution < -0.4 is 5.73 Å². The molecule has 25 heavy (non-hydrogen) atoms. The van der Waals surface area contributed by atoms with E-state index in [4.69, 9.17) is 5.73 Å². The van der Waals surface area contributed by atoms with E-state index >= 15 is 0 Å². The lowest BCUT2D eigenvalue weighted by atomic mass is 10.1. The van der Waals surface area contributed by atoms with Crippen molar-refractivity contribution in [1.29, 1.82) is 0 Å². The van der Waals surface area contributed by atoms with Crippen molar-refractivity contribution in [3.63, 3.8) is 0 Å². The zero-order valence-electron chi connectivity index (χ0n) is 13.3. The first-order chi connectivity index (χ1) is 11.8. The van der Waals surface area contributed by atoms with E-state index in [1.807, 2.05) is 13.2 Å². The van der Waals surface area contributed by atoms with E-state index in [0.717, 1.165) is 11.2 Å². The molecule has 3 N–H and O–H groups in total. The van der Waals surface area contributed by atoms with E-state index in [9.17, 15) is 13.2 Å². The second-order valence-corrected chi connectivity index (χ2v) is 7.37. The summed E-state index contributed by atoms with van der Waals surface area (Å²) >= 11 is 2.73. The van der Waals surface area contributed by atoms with Gasteiger partial charge in [-0.1, -0.05) is 11.8 Å². The predicted molar refractivity (Wildman–Crippen MR) is 93.6 cm³/mol. The topological polar surface area (TPSA) is 80.5 Å². The van der Waals surface area contributed by atoms with Crippen LogP contribution in [0.5, 0.6) is 0 Å². The van der Waals surface area contributed by atoms with Gasteiger partial charge in [-0.15, -0.1) is 11.8 Å². The van der Waals surface area contributed by atoms with Gasteiger partial charge in [0.2, 0.25) is 0 Å². The molecular weight excluding hydrogens is 371 g/mol. The highest BCUT2D eigenvalue weighted by molar-refractivity contribution is 7.99. The van der Waals surface area contributed by atoms with Crippen molar-refractivity contribution >= 4 is 40.2 Å². The Balaban J connectivity index is 1.92. The van der Waals surface area contributed by atoms with Crippen molar-refractivity contribution in [3.8, 4) is 0 Å². The molecule has 0 spiro atoms. The molecule has 0 fully saturated rings. The van der Waals surface area contributed by atoms with Crippen LogP contribution in [-0.2, 0) is 6.18 Å². The Morgan fingerprint density at radius 1 is 1.24 bits per heavy atom. The van der Waals surface area contributed by atoms with Crippen LogP contribution in [0.1, 0.15) is 23.4 Å². The maximum Gasteiger partial charge on any atom is 0.418 e. The first-order valence-corrected chi connectivity index (χ1v) is 9.28. The van der Waals surface area contributed by atoms with Gasteiger partial charge in [0.25, 0.3) is 0 Å². The molecule has 0 amide bonds. The number of pyridine rings is 1. The number of nitrogens with one attached hydrogen (secondary N) is 1. The Kier molecular flexibility index (Phi) is 4.83. The summed E-state index contributed by atoms with van der Waals surface area (Å²) < 4.78 is 39.2. The summed E-state index contributed by atoms with van der Waals surface area (Å²) in [5, 5.41) is 1.06. The summed E-state index contributed by atoms with van der Waals surface area (Å²) in [5.74, 6) is 0.349. The molecule has 3 heterocycles. The van der Waals surface area contributed by atoms with Gasteiger partial charge in [0.05, 0.1) is 28.2 Å². The number of hydrogen-bond acceptors (Lipinski definition) is 6. The third kappa shape index (κ3) is 3.84. The normalized spacial score (nSPS) is 13.3. The molecule has 0 saturated heterocycles. The van der Waals surface area contributed by atoms with Gasteiger partial charge >= 0.3 is 6.18 Å². The van der Waals surface area contributed by atoms with Crippen molar-refractivity contribution < 1.29 is 13.2 Å². The molecule has 3 rings (SSSR count). The Labute approximate surface area is 150 Å². The fourth-order valence-electron chi connectivity index (χ4n) is 2.29.